The lowest BCUT2D eigenvalue weighted by Gasteiger charge is -2.23. The number of methoxy groups -OCH3 is 1. The number of hydrogen-bond acceptors (Lipinski definition) is 1. The summed E-state index contributed by atoms with van der Waals surface area (Å²) in [5.74, 6) is 0. The molecule has 1 heteroatoms. The standard InChI is InChI=1S/C15H24O/c1-7-12-8-14(15(3,4)5)9-13(10-16-6)11(12)2/h8-9H,7,10H2,1-6H3. The second-order valence-electron chi connectivity index (χ2n) is 5.46. The van der Waals surface area contributed by atoms with Gasteiger partial charge in [0.15, 0.2) is 0 Å². The highest BCUT2D eigenvalue weighted by Crippen LogP contribution is 2.27. The third-order valence-corrected chi connectivity index (χ3v) is 3.17. The van der Waals surface area contributed by atoms with Crippen LogP contribution in [0.1, 0.15) is 49.9 Å². The van der Waals surface area contributed by atoms with Crippen LogP contribution in [-0.4, -0.2) is 7.11 Å². The Hall–Kier alpha value is -0.820. The van der Waals surface area contributed by atoms with Crippen LogP contribution in [0.5, 0.6) is 0 Å². The molecule has 0 heterocycles. The summed E-state index contributed by atoms with van der Waals surface area (Å²) in [7, 11) is 1.76. The van der Waals surface area contributed by atoms with Gasteiger partial charge < -0.3 is 4.74 Å². The maximum atomic E-state index is 5.28. The summed E-state index contributed by atoms with van der Waals surface area (Å²) < 4.78 is 5.28. The molecule has 1 nitrogen and oxygen atoms in total. The Bertz CT molecular complexity index is 358. The van der Waals surface area contributed by atoms with Crippen molar-refractivity contribution >= 4 is 0 Å². The van der Waals surface area contributed by atoms with Gasteiger partial charge in [-0.15, -0.1) is 0 Å². The van der Waals surface area contributed by atoms with Crippen LogP contribution in [0.25, 0.3) is 0 Å². The smallest absolute Gasteiger partial charge is 0.0715 e. The van der Waals surface area contributed by atoms with Gasteiger partial charge in [0.2, 0.25) is 0 Å². The van der Waals surface area contributed by atoms with E-state index in [1.54, 1.807) is 7.11 Å². The summed E-state index contributed by atoms with van der Waals surface area (Å²) in [4.78, 5) is 0. The first-order valence-electron chi connectivity index (χ1n) is 6.02. The molecule has 0 bridgehead atoms. The van der Waals surface area contributed by atoms with Gasteiger partial charge in [0.05, 0.1) is 6.61 Å². The number of ether oxygens (including phenoxy) is 1. The maximum absolute atomic E-state index is 5.28. The quantitative estimate of drug-likeness (QED) is 0.748. The third kappa shape index (κ3) is 2.85. The molecule has 0 N–H and O–H groups in total. The van der Waals surface area contributed by atoms with Crippen molar-refractivity contribution in [2.45, 2.75) is 53.1 Å². The van der Waals surface area contributed by atoms with Gasteiger partial charge in [-0.3, -0.25) is 0 Å². The van der Waals surface area contributed by atoms with Crippen molar-refractivity contribution in [1.82, 2.24) is 0 Å². The SMILES string of the molecule is CCc1cc(C(C)(C)C)cc(COC)c1C. The molecule has 0 aliphatic heterocycles. The molecule has 0 amide bonds. The molecule has 0 unspecified atom stereocenters. The van der Waals surface area contributed by atoms with Gasteiger partial charge >= 0.3 is 0 Å². The first-order chi connectivity index (χ1) is 7.40. The average Bonchev–Trinajstić information content (AvgIpc) is 2.19. The monoisotopic (exact) mass is 220 g/mol. The van der Waals surface area contributed by atoms with Crippen LogP contribution >= 0.6 is 0 Å². The van der Waals surface area contributed by atoms with Gasteiger partial charge in [-0.25, -0.2) is 0 Å². The first-order valence-corrected chi connectivity index (χ1v) is 6.02. The molecule has 0 fully saturated rings. The number of hydrogen-bond donors (Lipinski definition) is 0. The molecule has 0 aromatic heterocycles. The van der Waals surface area contributed by atoms with E-state index in [2.05, 4.69) is 46.8 Å². The minimum Gasteiger partial charge on any atom is -0.380 e. The van der Waals surface area contributed by atoms with E-state index in [4.69, 9.17) is 4.74 Å². The zero-order chi connectivity index (χ0) is 12.3. The molecule has 0 saturated carbocycles. The van der Waals surface area contributed by atoms with Crippen molar-refractivity contribution in [1.29, 1.82) is 0 Å². The number of benzene rings is 1. The van der Waals surface area contributed by atoms with Crippen LogP contribution in [0.4, 0.5) is 0 Å². The Morgan fingerprint density at radius 3 is 2.12 bits per heavy atom. The first kappa shape index (κ1) is 13.2. The van der Waals surface area contributed by atoms with E-state index < -0.39 is 0 Å². The predicted molar refractivity (Wildman–Crippen MR) is 70.0 cm³/mol. The largest absolute Gasteiger partial charge is 0.380 e. The third-order valence-electron chi connectivity index (χ3n) is 3.17. The molecular formula is C15H24O. The fraction of sp³-hybridized carbons (Fsp3) is 0.600. The van der Waals surface area contributed by atoms with Crippen molar-refractivity contribution in [2.24, 2.45) is 0 Å². The van der Waals surface area contributed by atoms with Gasteiger partial charge in [-0.1, -0.05) is 39.8 Å². The Labute approximate surface area is 99.8 Å². The molecule has 1 aromatic carbocycles. The van der Waals surface area contributed by atoms with Crippen LogP contribution in [0.15, 0.2) is 12.1 Å². The highest BCUT2D eigenvalue weighted by Gasteiger charge is 2.16. The second-order valence-corrected chi connectivity index (χ2v) is 5.46. The lowest BCUT2D eigenvalue weighted by atomic mass is 9.83. The van der Waals surface area contributed by atoms with Crippen molar-refractivity contribution in [2.75, 3.05) is 7.11 Å². The molecule has 0 atom stereocenters. The van der Waals surface area contributed by atoms with Crippen molar-refractivity contribution in [3.05, 3.63) is 34.4 Å². The molecule has 1 rings (SSSR count). The van der Waals surface area contributed by atoms with Crippen molar-refractivity contribution in [3.8, 4) is 0 Å². The summed E-state index contributed by atoms with van der Waals surface area (Å²) in [6.45, 7) is 11.9. The molecule has 90 valence electrons. The fourth-order valence-electron chi connectivity index (χ4n) is 1.95. The van der Waals surface area contributed by atoms with E-state index >= 15 is 0 Å². The summed E-state index contributed by atoms with van der Waals surface area (Å²) in [5, 5.41) is 0. The highest BCUT2D eigenvalue weighted by molar-refractivity contribution is 5.40. The summed E-state index contributed by atoms with van der Waals surface area (Å²) in [6, 6.07) is 4.63. The summed E-state index contributed by atoms with van der Waals surface area (Å²) in [6.07, 6.45) is 1.09. The van der Waals surface area contributed by atoms with Gasteiger partial charge in [-0.05, 0) is 41.0 Å². The maximum Gasteiger partial charge on any atom is 0.0715 e. The Morgan fingerprint density at radius 1 is 1.12 bits per heavy atom. The van der Waals surface area contributed by atoms with E-state index in [1.165, 1.54) is 22.3 Å². The van der Waals surface area contributed by atoms with Crippen molar-refractivity contribution < 1.29 is 4.74 Å². The van der Waals surface area contributed by atoms with Gasteiger partial charge in [-0.2, -0.15) is 0 Å². The molecule has 0 radical (unpaired) electrons. The molecule has 0 spiro atoms. The lowest BCUT2D eigenvalue weighted by molar-refractivity contribution is 0.184. The summed E-state index contributed by atoms with van der Waals surface area (Å²) >= 11 is 0. The van der Waals surface area contributed by atoms with Crippen LogP contribution < -0.4 is 0 Å². The summed E-state index contributed by atoms with van der Waals surface area (Å²) in [5.41, 5.74) is 5.77. The van der Waals surface area contributed by atoms with Crippen LogP contribution in [-0.2, 0) is 23.2 Å². The highest BCUT2D eigenvalue weighted by atomic mass is 16.5. The predicted octanol–water partition coefficient (Wildman–Crippen LogP) is 4.00. The van der Waals surface area contributed by atoms with Crippen molar-refractivity contribution in [3.63, 3.8) is 0 Å². The van der Waals surface area contributed by atoms with Gasteiger partial charge in [0.25, 0.3) is 0 Å². The zero-order valence-electron chi connectivity index (χ0n) is 11.5. The minimum absolute atomic E-state index is 0.208. The van der Waals surface area contributed by atoms with Crippen LogP contribution in [0.2, 0.25) is 0 Å². The topological polar surface area (TPSA) is 9.23 Å². The normalized spacial score (nSPS) is 11.9. The van der Waals surface area contributed by atoms with E-state index in [0.717, 1.165) is 6.42 Å². The Balaban J connectivity index is 3.28. The van der Waals surface area contributed by atoms with Crippen LogP contribution in [0.3, 0.4) is 0 Å². The van der Waals surface area contributed by atoms with E-state index in [1.807, 2.05) is 0 Å². The number of rotatable bonds is 3. The van der Waals surface area contributed by atoms with E-state index in [9.17, 15) is 0 Å². The lowest BCUT2D eigenvalue weighted by Crippen LogP contribution is -2.13. The second kappa shape index (κ2) is 5.01. The molecule has 0 aliphatic rings. The Morgan fingerprint density at radius 2 is 1.69 bits per heavy atom. The van der Waals surface area contributed by atoms with E-state index in [0.29, 0.717) is 6.61 Å². The molecule has 1 aromatic rings. The molecular weight excluding hydrogens is 196 g/mol. The fourth-order valence-corrected chi connectivity index (χ4v) is 1.95. The Kier molecular flexibility index (Phi) is 4.15. The average molecular weight is 220 g/mol. The van der Waals surface area contributed by atoms with Crippen LogP contribution in [0, 0.1) is 6.92 Å². The minimum atomic E-state index is 0.208. The van der Waals surface area contributed by atoms with Gasteiger partial charge in [0, 0.05) is 7.11 Å². The zero-order valence-corrected chi connectivity index (χ0v) is 11.5. The molecule has 0 saturated heterocycles. The van der Waals surface area contributed by atoms with E-state index in [-0.39, 0.29) is 5.41 Å². The van der Waals surface area contributed by atoms with Gasteiger partial charge in [0.1, 0.15) is 0 Å². The number of aryl methyl sites for hydroxylation is 1. The molecule has 16 heavy (non-hydrogen) atoms. The molecule has 0 aliphatic carbocycles.